The standard InChI is InChI=1S/C22H25FN6O3/c1-29-11-18(19(28-29)21(24)31)26-22(32)14-5-3-2-4-13(14)20(30)15-7-6-12(10-16(15)23)17-8-9-25-27-17/h6-11,13-14,20,30H,2-5H2,1H3,(H2,24,31)(H,25,27)(H,26,32). The number of anilines is 1. The summed E-state index contributed by atoms with van der Waals surface area (Å²) in [5.74, 6) is -2.66. The predicted molar refractivity (Wildman–Crippen MR) is 115 cm³/mol. The van der Waals surface area contributed by atoms with E-state index in [0.29, 0.717) is 24.1 Å². The molecule has 168 valence electrons. The first kappa shape index (κ1) is 21.7. The molecule has 32 heavy (non-hydrogen) atoms. The zero-order valence-electron chi connectivity index (χ0n) is 17.6. The smallest absolute Gasteiger partial charge is 0.271 e. The van der Waals surface area contributed by atoms with E-state index in [4.69, 9.17) is 5.73 Å². The van der Waals surface area contributed by atoms with E-state index in [2.05, 4.69) is 20.6 Å². The first-order valence-electron chi connectivity index (χ1n) is 10.5. The first-order valence-corrected chi connectivity index (χ1v) is 10.5. The summed E-state index contributed by atoms with van der Waals surface area (Å²) in [5, 5.41) is 24.4. The van der Waals surface area contributed by atoms with Gasteiger partial charge in [0.2, 0.25) is 5.91 Å². The van der Waals surface area contributed by atoms with Gasteiger partial charge in [-0.05, 0) is 25.0 Å². The Morgan fingerprint density at radius 3 is 2.78 bits per heavy atom. The number of aromatic nitrogens is 4. The highest BCUT2D eigenvalue weighted by Gasteiger charge is 2.37. The van der Waals surface area contributed by atoms with Crippen molar-refractivity contribution in [1.29, 1.82) is 0 Å². The van der Waals surface area contributed by atoms with Gasteiger partial charge in [-0.1, -0.05) is 25.0 Å². The van der Waals surface area contributed by atoms with Gasteiger partial charge in [-0.3, -0.25) is 19.4 Å². The van der Waals surface area contributed by atoms with Crippen molar-refractivity contribution in [3.05, 3.63) is 53.7 Å². The largest absolute Gasteiger partial charge is 0.388 e. The molecule has 0 spiro atoms. The second kappa shape index (κ2) is 8.91. The lowest BCUT2D eigenvalue weighted by atomic mass is 9.74. The second-order valence-corrected chi connectivity index (χ2v) is 8.12. The Bertz CT molecular complexity index is 1130. The van der Waals surface area contributed by atoms with Gasteiger partial charge in [-0.15, -0.1) is 0 Å². The molecule has 5 N–H and O–H groups in total. The van der Waals surface area contributed by atoms with Crippen molar-refractivity contribution in [2.45, 2.75) is 31.8 Å². The molecule has 3 atom stereocenters. The number of primary amides is 1. The zero-order chi connectivity index (χ0) is 22.8. The van der Waals surface area contributed by atoms with E-state index in [1.165, 1.54) is 16.9 Å². The van der Waals surface area contributed by atoms with Gasteiger partial charge in [0.05, 0.1) is 17.5 Å². The normalized spacial score (nSPS) is 19.5. The van der Waals surface area contributed by atoms with Gasteiger partial charge in [0, 0.05) is 42.4 Å². The number of nitrogens with zero attached hydrogens (tertiary/aromatic N) is 3. The van der Waals surface area contributed by atoms with E-state index in [1.54, 1.807) is 31.4 Å². The van der Waals surface area contributed by atoms with Crippen LogP contribution < -0.4 is 11.1 Å². The van der Waals surface area contributed by atoms with Crippen molar-refractivity contribution in [1.82, 2.24) is 20.0 Å². The van der Waals surface area contributed by atoms with Crippen LogP contribution in [0.2, 0.25) is 0 Å². The Balaban J connectivity index is 1.55. The Labute approximate surface area is 183 Å². The first-order chi connectivity index (χ1) is 15.3. The minimum Gasteiger partial charge on any atom is -0.388 e. The number of rotatable bonds is 6. The number of H-pyrrole nitrogens is 1. The molecule has 0 radical (unpaired) electrons. The minimum absolute atomic E-state index is 0.0332. The van der Waals surface area contributed by atoms with Crippen molar-refractivity contribution >= 4 is 17.5 Å². The number of amides is 2. The number of nitrogens with one attached hydrogen (secondary N) is 2. The highest BCUT2D eigenvalue weighted by molar-refractivity contribution is 6.02. The summed E-state index contributed by atoms with van der Waals surface area (Å²) in [6.45, 7) is 0. The van der Waals surface area contributed by atoms with Crippen molar-refractivity contribution < 1.29 is 19.1 Å². The molecule has 1 aromatic carbocycles. The summed E-state index contributed by atoms with van der Waals surface area (Å²) in [4.78, 5) is 24.7. The molecule has 9 nitrogen and oxygen atoms in total. The maximum absolute atomic E-state index is 14.9. The van der Waals surface area contributed by atoms with Crippen LogP contribution in [0, 0.1) is 17.7 Å². The molecule has 1 fully saturated rings. The predicted octanol–water partition coefficient (Wildman–Crippen LogP) is 2.53. The number of aliphatic hydroxyl groups is 1. The molecule has 0 bridgehead atoms. The molecular formula is C22H25FN6O3. The molecule has 2 aromatic heterocycles. The van der Waals surface area contributed by atoms with Gasteiger partial charge in [0.15, 0.2) is 5.69 Å². The number of aromatic amines is 1. The van der Waals surface area contributed by atoms with Crippen LogP contribution in [0.4, 0.5) is 10.1 Å². The van der Waals surface area contributed by atoms with E-state index in [0.717, 1.165) is 12.8 Å². The Kier molecular flexibility index (Phi) is 6.04. The summed E-state index contributed by atoms with van der Waals surface area (Å²) < 4.78 is 16.3. The zero-order valence-corrected chi connectivity index (χ0v) is 17.6. The number of carbonyl (C=O) groups excluding carboxylic acids is 2. The summed E-state index contributed by atoms with van der Waals surface area (Å²) >= 11 is 0. The van der Waals surface area contributed by atoms with Gasteiger partial charge in [-0.2, -0.15) is 10.2 Å². The van der Waals surface area contributed by atoms with E-state index >= 15 is 0 Å². The molecule has 1 aliphatic rings. The molecule has 1 saturated carbocycles. The lowest BCUT2D eigenvalue weighted by Crippen LogP contribution is -2.35. The maximum Gasteiger partial charge on any atom is 0.271 e. The number of aryl methyl sites for hydroxylation is 1. The van der Waals surface area contributed by atoms with Crippen LogP contribution in [-0.2, 0) is 11.8 Å². The van der Waals surface area contributed by atoms with Crippen LogP contribution in [0.1, 0.15) is 47.8 Å². The number of carbonyl (C=O) groups is 2. The van der Waals surface area contributed by atoms with Gasteiger partial charge >= 0.3 is 0 Å². The van der Waals surface area contributed by atoms with Crippen LogP contribution >= 0.6 is 0 Å². The van der Waals surface area contributed by atoms with Crippen molar-refractivity contribution in [3.8, 4) is 11.3 Å². The lowest BCUT2D eigenvalue weighted by Gasteiger charge is -2.34. The Morgan fingerprint density at radius 1 is 1.31 bits per heavy atom. The van der Waals surface area contributed by atoms with Crippen molar-refractivity contribution in [2.24, 2.45) is 24.6 Å². The number of nitrogens with two attached hydrogens (primary N) is 1. The SMILES string of the molecule is Cn1cc(NC(=O)C2CCCCC2C(O)c2ccc(-c3ccn[nH]3)cc2F)c(C(N)=O)n1. The molecule has 1 aliphatic carbocycles. The molecule has 0 aliphatic heterocycles. The fraction of sp³-hybridized carbons (Fsp3) is 0.364. The topological polar surface area (TPSA) is 139 Å². The highest BCUT2D eigenvalue weighted by Crippen LogP contribution is 2.40. The monoisotopic (exact) mass is 440 g/mol. The van der Waals surface area contributed by atoms with Gasteiger partial charge < -0.3 is 16.2 Å². The molecule has 2 amide bonds. The molecule has 2 heterocycles. The van der Waals surface area contributed by atoms with Gasteiger partial charge in [-0.25, -0.2) is 4.39 Å². The Hall–Kier alpha value is -3.53. The third-order valence-electron chi connectivity index (χ3n) is 6.01. The summed E-state index contributed by atoms with van der Waals surface area (Å²) in [7, 11) is 1.62. The fourth-order valence-corrected chi connectivity index (χ4v) is 4.43. The quantitative estimate of drug-likeness (QED) is 0.466. The minimum atomic E-state index is -1.15. The lowest BCUT2D eigenvalue weighted by molar-refractivity contribution is -0.124. The molecule has 3 unspecified atom stereocenters. The van der Waals surface area contributed by atoms with E-state index in [-0.39, 0.29) is 22.9 Å². The van der Waals surface area contributed by atoms with Gasteiger partial charge in [0.25, 0.3) is 5.91 Å². The van der Waals surface area contributed by atoms with Crippen molar-refractivity contribution in [2.75, 3.05) is 5.32 Å². The van der Waals surface area contributed by atoms with Crippen LogP contribution in [0.15, 0.2) is 36.7 Å². The second-order valence-electron chi connectivity index (χ2n) is 8.12. The number of aliphatic hydroxyl groups excluding tert-OH is 1. The number of hydrogen-bond acceptors (Lipinski definition) is 5. The highest BCUT2D eigenvalue weighted by atomic mass is 19.1. The summed E-state index contributed by atoms with van der Waals surface area (Å²) in [6.07, 6.45) is 4.71. The number of halogens is 1. The molecular weight excluding hydrogens is 415 g/mol. The summed E-state index contributed by atoms with van der Waals surface area (Å²) in [6, 6.07) is 6.33. The van der Waals surface area contributed by atoms with Crippen LogP contribution in [-0.4, -0.2) is 36.9 Å². The molecule has 10 heteroatoms. The van der Waals surface area contributed by atoms with Crippen LogP contribution in [0.25, 0.3) is 11.3 Å². The average molecular weight is 440 g/mol. The van der Waals surface area contributed by atoms with E-state index in [9.17, 15) is 19.1 Å². The van der Waals surface area contributed by atoms with E-state index in [1.807, 2.05) is 0 Å². The number of benzene rings is 1. The van der Waals surface area contributed by atoms with E-state index < -0.39 is 29.7 Å². The van der Waals surface area contributed by atoms with Crippen LogP contribution in [0.5, 0.6) is 0 Å². The third kappa shape index (κ3) is 4.26. The molecule has 4 rings (SSSR count). The van der Waals surface area contributed by atoms with Gasteiger partial charge in [0.1, 0.15) is 5.82 Å². The fourth-order valence-electron chi connectivity index (χ4n) is 4.43. The summed E-state index contributed by atoms with van der Waals surface area (Å²) in [5.41, 5.74) is 6.97. The number of hydrogen-bond donors (Lipinski definition) is 4. The molecule has 0 saturated heterocycles. The third-order valence-corrected chi connectivity index (χ3v) is 6.01. The Morgan fingerprint density at radius 2 is 2.09 bits per heavy atom. The average Bonchev–Trinajstić information content (AvgIpc) is 3.43. The van der Waals surface area contributed by atoms with Crippen LogP contribution in [0.3, 0.4) is 0 Å². The maximum atomic E-state index is 14.9. The molecule has 3 aromatic rings. The van der Waals surface area contributed by atoms with Crippen molar-refractivity contribution in [3.63, 3.8) is 0 Å².